The van der Waals surface area contributed by atoms with Crippen LogP contribution in [0.5, 0.6) is 5.75 Å². The van der Waals surface area contributed by atoms with Crippen LogP contribution in [0.25, 0.3) is 0 Å². The number of aliphatic hydroxyl groups is 1. The summed E-state index contributed by atoms with van der Waals surface area (Å²) in [5, 5.41) is 12.1. The van der Waals surface area contributed by atoms with Crippen molar-refractivity contribution in [2.75, 3.05) is 26.3 Å². The summed E-state index contributed by atoms with van der Waals surface area (Å²) in [6, 6.07) is 7.82. The Morgan fingerprint density at radius 3 is 2.90 bits per heavy atom. The SMILES string of the molecule is Cc1ccc(OCCCNC(=O)N2CCC[C@H]2CO)cc1. The van der Waals surface area contributed by atoms with Gasteiger partial charge in [-0.05, 0) is 38.3 Å². The van der Waals surface area contributed by atoms with E-state index in [0.29, 0.717) is 13.2 Å². The van der Waals surface area contributed by atoms with E-state index in [-0.39, 0.29) is 18.7 Å². The molecule has 0 aromatic heterocycles. The Labute approximate surface area is 125 Å². The Kier molecular flexibility index (Phi) is 5.87. The number of aryl methyl sites for hydroxylation is 1. The van der Waals surface area contributed by atoms with Crippen LogP contribution in [0, 0.1) is 6.92 Å². The van der Waals surface area contributed by atoms with Crippen LogP contribution in [0.3, 0.4) is 0 Å². The monoisotopic (exact) mass is 292 g/mol. The molecule has 116 valence electrons. The molecular weight excluding hydrogens is 268 g/mol. The van der Waals surface area contributed by atoms with Gasteiger partial charge in [-0.3, -0.25) is 0 Å². The summed E-state index contributed by atoms with van der Waals surface area (Å²) in [5.74, 6) is 0.854. The van der Waals surface area contributed by atoms with Crippen LogP contribution in [0.1, 0.15) is 24.8 Å². The number of ether oxygens (including phenoxy) is 1. The van der Waals surface area contributed by atoms with Crippen molar-refractivity contribution in [3.8, 4) is 5.75 Å². The van der Waals surface area contributed by atoms with Crippen molar-refractivity contribution >= 4 is 6.03 Å². The summed E-state index contributed by atoms with van der Waals surface area (Å²) in [5.41, 5.74) is 1.21. The van der Waals surface area contributed by atoms with Crippen LogP contribution in [-0.2, 0) is 0 Å². The first kappa shape index (κ1) is 15.6. The minimum Gasteiger partial charge on any atom is -0.494 e. The van der Waals surface area contributed by atoms with Crippen molar-refractivity contribution in [1.82, 2.24) is 10.2 Å². The number of carbonyl (C=O) groups is 1. The second-order valence-electron chi connectivity index (χ2n) is 5.42. The number of aliphatic hydroxyl groups excluding tert-OH is 1. The summed E-state index contributed by atoms with van der Waals surface area (Å²) < 4.78 is 5.61. The summed E-state index contributed by atoms with van der Waals surface area (Å²) in [7, 11) is 0. The number of hydrogen-bond acceptors (Lipinski definition) is 3. The highest BCUT2D eigenvalue weighted by molar-refractivity contribution is 5.74. The lowest BCUT2D eigenvalue weighted by Gasteiger charge is -2.23. The molecule has 0 spiro atoms. The highest BCUT2D eigenvalue weighted by Gasteiger charge is 2.27. The van der Waals surface area contributed by atoms with E-state index in [4.69, 9.17) is 4.74 Å². The van der Waals surface area contributed by atoms with Gasteiger partial charge in [0.15, 0.2) is 0 Å². The molecule has 5 nitrogen and oxygen atoms in total. The number of carbonyl (C=O) groups excluding carboxylic acids is 1. The lowest BCUT2D eigenvalue weighted by molar-refractivity contribution is 0.156. The van der Waals surface area contributed by atoms with Gasteiger partial charge in [-0.2, -0.15) is 0 Å². The first-order valence-electron chi connectivity index (χ1n) is 7.55. The molecule has 1 atom stereocenters. The van der Waals surface area contributed by atoms with Crippen molar-refractivity contribution in [2.45, 2.75) is 32.2 Å². The molecule has 1 saturated heterocycles. The number of amides is 2. The molecule has 0 radical (unpaired) electrons. The largest absolute Gasteiger partial charge is 0.494 e. The fourth-order valence-corrected chi connectivity index (χ4v) is 2.49. The van der Waals surface area contributed by atoms with Gasteiger partial charge in [-0.25, -0.2) is 4.79 Å². The van der Waals surface area contributed by atoms with Gasteiger partial charge in [0, 0.05) is 13.1 Å². The van der Waals surface area contributed by atoms with Gasteiger partial charge in [0.2, 0.25) is 0 Å². The van der Waals surface area contributed by atoms with E-state index in [2.05, 4.69) is 5.32 Å². The van der Waals surface area contributed by atoms with Gasteiger partial charge in [0.05, 0.1) is 19.3 Å². The molecule has 1 aliphatic heterocycles. The molecule has 2 amide bonds. The molecule has 21 heavy (non-hydrogen) atoms. The fourth-order valence-electron chi connectivity index (χ4n) is 2.49. The Morgan fingerprint density at radius 2 is 2.19 bits per heavy atom. The minimum absolute atomic E-state index is 0.0196. The zero-order valence-corrected chi connectivity index (χ0v) is 12.5. The summed E-state index contributed by atoms with van der Waals surface area (Å²) in [4.78, 5) is 13.7. The van der Waals surface area contributed by atoms with Gasteiger partial charge in [0.25, 0.3) is 0 Å². The van der Waals surface area contributed by atoms with Gasteiger partial charge in [-0.1, -0.05) is 17.7 Å². The van der Waals surface area contributed by atoms with E-state index in [1.807, 2.05) is 31.2 Å². The molecule has 1 aliphatic rings. The molecule has 2 N–H and O–H groups in total. The molecular formula is C16H24N2O3. The average Bonchev–Trinajstić information content (AvgIpc) is 2.97. The first-order chi connectivity index (χ1) is 10.2. The molecule has 0 bridgehead atoms. The molecule has 0 aliphatic carbocycles. The molecule has 1 heterocycles. The fraction of sp³-hybridized carbons (Fsp3) is 0.562. The first-order valence-corrected chi connectivity index (χ1v) is 7.55. The average molecular weight is 292 g/mol. The predicted octanol–water partition coefficient (Wildman–Crippen LogP) is 1.93. The van der Waals surface area contributed by atoms with Crippen LogP contribution >= 0.6 is 0 Å². The Morgan fingerprint density at radius 1 is 1.43 bits per heavy atom. The van der Waals surface area contributed by atoms with Crippen LogP contribution in [0.2, 0.25) is 0 Å². The maximum atomic E-state index is 11.9. The molecule has 5 heteroatoms. The molecule has 1 aromatic rings. The third-order valence-electron chi connectivity index (χ3n) is 3.74. The van der Waals surface area contributed by atoms with Crippen LogP contribution < -0.4 is 10.1 Å². The van der Waals surface area contributed by atoms with Crippen molar-refractivity contribution in [3.63, 3.8) is 0 Å². The second kappa shape index (κ2) is 7.88. The topological polar surface area (TPSA) is 61.8 Å². The normalized spacial score (nSPS) is 17.8. The van der Waals surface area contributed by atoms with Gasteiger partial charge >= 0.3 is 6.03 Å². The van der Waals surface area contributed by atoms with Crippen LogP contribution in [0.15, 0.2) is 24.3 Å². The number of nitrogens with one attached hydrogen (secondary N) is 1. The number of rotatable bonds is 6. The zero-order valence-electron chi connectivity index (χ0n) is 12.5. The Bertz CT molecular complexity index is 447. The van der Waals surface area contributed by atoms with Crippen LogP contribution in [-0.4, -0.2) is 48.4 Å². The summed E-state index contributed by atoms with van der Waals surface area (Å²) in [6.45, 7) is 3.98. The third kappa shape index (κ3) is 4.63. The standard InChI is InChI=1S/C16H24N2O3/c1-13-5-7-15(8-6-13)21-11-3-9-17-16(20)18-10-2-4-14(18)12-19/h5-8,14,19H,2-4,9-12H2,1H3,(H,17,20)/t14-/m0/s1. The lowest BCUT2D eigenvalue weighted by atomic mass is 10.2. The highest BCUT2D eigenvalue weighted by Crippen LogP contribution is 2.16. The molecule has 0 saturated carbocycles. The number of urea groups is 1. The number of benzene rings is 1. The highest BCUT2D eigenvalue weighted by atomic mass is 16.5. The molecule has 1 aromatic carbocycles. The van der Waals surface area contributed by atoms with Crippen molar-refractivity contribution < 1.29 is 14.6 Å². The van der Waals surface area contributed by atoms with Crippen molar-refractivity contribution in [1.29, 1.82) is 0 Å². The summed E-state index contributed by atoms with van der Waals surface area (Å²) in [6.07, 6.45) is 2.62. The Balaban J connectivity index is 1.61. The van der Waals surface area contributed by atoms with E-state index in [9.17, 15) is 9.90 Å². The smallest absolute Gasteiger partial charge is 0.317 e. The summed E-state index contributed by atoms with van der Waals surface area (Å²) >= 11 is 0. The van der Waals surface area contributed by atoms with Crippen molar-refractivity contribution in [2.24, 2.45) is 0 Å². The van der Waals surface area contributed by atoms with Crippen molar-refractivity contribution in [3.05, 3.63) is 29.8 Å². The van der Waals surface area contributed by atoms with E-state index in [0.717, 1.165) is 31.6 Å². The van der Waals surface area contributed by atoms with E-state index < -0.39 is 0 Å². The molecule has 2 rings (SSSR count). The zero-order chi connectivity index (χ0) is 15.1. The molecule has 0 unspecified atom stereocenters. The minimum atomic E-state index is -0.0816. The van der Waals surface area contributed by atoms with E-state index >= 15 is 0 Å². The van der Waals surface area contributed by atoms with Gasteiger partial charge in [0.1, 0.15) is 5.75 Å². The second-order valence-corrected chi connectivity index (χ2v) is 5.42. The predicted molar refractivity (Wildman–Crippen MR) is 81.5 cm³/mol. The lowest BCUT2D eigenvalue weighted by Crippen LogP contribution is -2.44. The quantitative estimate of drug-likeness (QED) is 0.788. The maximum absolute atomic E-state index is 11.9. The van der Waals surface area contributed by atoms with Gasteiger partial charge in [-0.15, -0.1) is 0 Å². The van der Waals surface area contributed by atoms with E-state index in [1.165, 1.54) is 5.56 Å². The number of hydrogen-bond donors (Lipinski definition) is 2. The Hall–Kier alpha value is -1.75. The van der Waals surface area contributed by atoms with Gasteiger partial charge < -0.3 is 20.1 Å². The number of likely N-dealkylation sites (tertiary alicyclic amines) is 1. The maximum Gasteiger partial charge on any atom is 0.317 e. The third-order valence-corrected chi connectivity index (χ3v) is 3.74. The van der Waals surface area contributed by atoms with Crippen LogP contribution in [0.4, 0.5) is 4.79 Å². The molecule has 1 fully saturated rings. The number of nitrogens with zero attached hydrogens (tertiary/aromatic N) is 1. The van der Waals surface area contributed by atoms with E-state index in [1.54, 1.807) is 4.90 Å².